The van der Waals surface area contributed by atoms with E-state index in [1.807, 2.05) is 29.6 Å². The van der Waals surface area contributed by atoms with Gasteiger partial charge in [-0.3, -0.25) is 0 Å². The van der Waals surface area contributed by atoms with Gasteiger partial charge in [0, 0.05) is 16.4 Å². The lowest BCUT2D eigenvalue weighted by Crippen LogP contribution is -1.96. The van der Waals surface area contributed by atoms with Gasteiger partial charge in [0.1, 0.15) is 12.4 Å². The van der Waals surface area contributed by atoms with E-state index in [0.717, 1.165) is 5.75 Å². The lowest BCUT2D eigenvalue weighted by molar-refractivity contribution is 0.306. The van der Waals surface area contributed by atoms with Crippen molar-refractivity contribution in [2.45, 2.75) is 16.1 Å². The molecule has 21 heavy (non-hydrogen) atoms. The molecule has 0 aromatic heterocycles. The van der Waals surface area contributed by atoms with Crippen molar-refractivity contribution in [1.82, 2.24) is 0 Å². The van der Waals surface area contributed by atoms with Gasteiger partial charge < -0.3 is 4.74 Å². The zero-order chi connectivity index (χ0) is 14.5. The zero-order valence-corrected chi connectivity index (χ0v) is 14.4. The third-order valence-corrected chi connectivity index (χ3v) is 7.16. The van der Waals surface area contributed by atoms with E-state index in [1.54, 1.807) is 11.8 Å². The van der Waals surface area contributed by atoms with Crippen molar-refractivity contribution >= 4 is 35.3 Å². The molecule has 110 valence electrons. The molecule has 1 aliphatic heterocycles. The molecule has 0 aliphatic carbocycles. The van der Waals surface area contributed by atoms with Crippen LogP contribution >= 0.6 is 35.3 Å². The molecule has 0 radical (unpaired) electrons. The van der Waals surface area contributed by atoms with Crippen molar-refractivity contribution in [2.24, 2.45) is 0 Å². The van der Waals surface area contributed by atoms with Crippen LogP contribution in [0.4, 0.5) is 0 Å². The Bertz CT molecular complexity index is 577. The second kappa shape index (κ2) is 7.52. The van der Waals surface area contributed by atoms with E-state index in [2.05, 4.69) is 48.7 Å². The minimum atomic E-state index is 0.578. The van der Waals surface area contributed by atoms with E-state index in [-0.39, 0.29) is 0 Å². The second-order valence-corrected chi connectivity index (χ2v) is 8.39. The van der Waals surface area contributed by atoms with Crippen LogP contribution in [0.25, 0.3) is 0 Å². The van der Waals surface area contributed by atoms with Crippen molar-refractivity contribution in [3.05, 3.63) is 59.7 Å². The predicted octanol–water partition coefficient (Wildman–Crippen LogP) is 5.47. The Morgan fingerprint density at radius 2 is 1.86 bits per heavy atom. The van der Waals surface area contributed by atoms with Gasteiger partial charge in [-0.1, -0.05) is 24.3 Å². The standard InChI is InChI=1S/C17H18OS3/c1-19-16-7-5-13(6-8-16)12-18-15-4-2-3-14(11-15)17-20-9-10-21-17/h2-8,11,17H,9-10,12H2,1H3. The Kier molecular flexibility index (Phi) is 5.44. The molecule has 1 saturated heterocycles. The predicted molar refractivity (Wildman–Crippen MR) is 96.7 cm³/mol. The number of thioether (sulfide) groups is 3. The summed E-state index contributed by atoms with van der Waals surface area (Å²) in [6.45, 7) is 0.628. The van der Waals surface area contributed by atoms with Crippen LogP contribution in [-0.2, 0) is 6.61 Å². The SMILES string of the molecule is CSc1ccc(COc2cccc(C3SCCS3)c2)cc1. The summed E-state index contributed by atoms with van der Waals surface area (Å²) in [5.41, 5.74) is 2.58. The molecule has 2 aromatic rings. The van der Waals surface area contributed by atoms with Crippen LogP contribution in [0.1, 0.15) is 15.7 Å². The number of rotatable bonds is 5. The van der Waals surface area contributed by atoms with Crippen LogP contribution in [0.15, 0.2) is 53.4 Å². The monoisotopic (exact) mass is 334 g/mol. The summed E-state index contributed by atoms with van der Waals surface area (Å²) >= 11 is 5.82. The summed E-state index contributed by atoms with van der Waals surface area (Å²) in [6.07, 6.45) is 2.09. The molecule has 0 bridgehead atoms. The van der Waals surface area contributed by atoms with Gasteiger partial charge in [-0.2, -0.15) is 0 Å². The summed E-state index contributed by atoms with van der Waals surface area (Å²) in [4.78, 5) is 1.29. The highest BCUT2D eigenvalue weighted by atomic mass is 32.2. The normalized spacial score (nSPS) is 15.3. The maximum Gasteiger partial charge on any atom is 0.120 e. The molecule has 1 heterocycles. The Balaban J connectivity index is 1.62. The maximum atomic E-state index is 5.94. The first-order valence-electron chi connectivity index (χ1n) is 6.94. The topological polar surface area (TPSA) is 9.23 Å². The largest absolute Gasteiger partial charge is 0.489 e. The molecule has 0 N–H and O–H groups in total. The van der Waals surface area contributed by atoms with E-state index >= 15 is 0 Å². The smallest absolute Gasteiger partial charge is 0.120 e. The van der Waals surface area contributed by atoms with Crippen LogP contribution in [0.3, 0.4) is 0 Å². The molecule has 1 aliphatic rings. The summed E-state index contributed by atoms with van der Waals surface area (Å²) in [7, 11) is 0. The van der Waals surface area contributed by atoms with Crippen molar-refractivity contribution in [3.8, 4) is 5.75 Å². The third kappa shape index (κ3) is 4.15. The fourth-order valence-corrected chi connectivity index (χ4v) is 5.44. The fraction of sp³-hybridized carbons (Fsp3) is 0.294. The Morgan fingerprint density at radius 1 is 1.10 bits per heavy atom. The molecule has 0 amide bonds. The number of ether oxygens (including phenoxy) is 1. The minimum absolute atomic E-state index is 0.578. The van der Waals surface area contributed by atoms with Gasteiger partial charge in [-0.05, 0) is 41.6 Å². The Labute approximate surface area is 139 Å². The average molecular weight is 335 g/mol. The van der Waals surface area contributed by atoms with Crippen LogP contribution in [0, 0.1) is 0 Å². The molecule has 2 aromatic carbocycles. The number of hydrogen-bond donors (Lipinski definition) is 0. The molecule has 1 nitrogen and oxygen atoms in total. The average Bonchev–Trinajstić information content (AvgIpc) is 3.08. The molecule has 1 fully saturated rings. The Hall–Kier alpha value is -0.710. The van der Waals surface area contributed by atoms with Crippen LogP contribution < -0.4 is 4.74 Å². The summed E-state index contributed by atoms with van der Waals surface area (Å²) in [6, 6.07) is 17.1. The van der Waals surface area contributed by atoms with Gasteiger partial charge in [0.25, 0.3) is 0 Å². The molecule has 0 spiro atoms. The van der Waals surface area contributed by atoms with Crippen LogP contribution in [0.5, 0.6) is 5.75 Å². The highest BCUT2D eigenvalue weighted by Gasteiger charge is 2.18. The summed E-state index contributed by atoms with van der Waals surface area (Å²) in [5.74, 6) is 3.47. The molecular weight excluding hydrogens is 316 g/mol. The van der Waals surface area contributed by atoms with Gasteiger partial charge in [-0.25, -0.2) is 0 Å². The van der Waals surface area contributed by atoms with Crippen molar-refractivity contribution in [3.63, 3.8) is 0 Å². The summed E-state index contributed by atoms with van der Waals surface area (Å²) < 4.78 is 6.52. The van der Waals surface area contributed by atoms with Gasteiger partial charge >= 0.3 is 0 Å². The quantitative estimate of drug-likeness (QED) is 0.671. The van der Waals surface area contributed by atoms with Crippen molar-refractivity contribution < 1.29 is 4.74 Å². The van der Waals surface area contributed by atoms with E-state index in [1.165, 1.54) is 27.5 Å². The van der Waals surface area contributed by atoms with E-state index in [0.29, 0.717) is 11.2 Å². The van der Waals surface area contributed by atoms with Crippen molar-refractivity contribution in [2.75, 3.05) is 17.8 Å². The van der Waals surface area contributed by atoms with Gasteiger partial charge in [0.2, 0.25) is 0 Å². The molecule has 4 heteroatoms. The van der Waals surface area contributed by atoms with E-state index in [4.69, 9.17) is 4.74 Å². The molecule has 0 atom stereocenters. The molecular formula is C17H18OS3. The lowest BCUT2D eigenvalue weighted by Gasteiger charge is -2.11. The van der Waals surface area contributed by atoms with E-state index in [9.17, 15) is 0 Å². The second-order valence-electron chi connectivity index (χ2n) is 4.78. The molecule has 0 unspecified atom stereocenters. The van der Waals surface area contributed by atoms with Crippen LogP contribution in [-0.4, -0.2) is 17.8 Å². The van der Waals surface area contributed by atoms with Crippen molar-refractivity contribution in [1.29, 1.82) is 0 Å². The van der Waals surface area contributed by atoms with Gasteiger partial charge in [-0.15, -0.1) is 35.3 Å². The van der Waals surface area contributed by atoms with Gasteiger partial charge in [0.05, 0.1) is 4.58 Å². The lowest BCUT2D eigenvalue weighted by atomic mass is 10.2. The minimum Gasteiger partial charge on any atom is -0.489 e. The zero-order valence-electron chi connectivity index (χ0n) is 12.0. The summed E-state index contributed by atoms with van der Waals surface area (Å²) in [5, 5.41) is 0. The number of benzene rings is 2. The first kappa shape index (κ1) is 15.2. The molecule has 0 saturated carbocycles. The fourth-order valence-electron chi connectivity index (χ4n) is 2.19. The van der Waals surface area contributed by atoms with Gasteiger partial charge in [0.15, 0.2) is 0 Å². The Morgan fingerprint density at radius 3 is 2.57 bits per heavy atom. The van der Waals surface area contributed by atoms with Crippen LogP contribution in [0.2, 0.25) is 0 Å². The first-order valence-corrected chi connectivity index (χ1v) is 10.3. The third-order valence-electron chi connectivity index (χ3n) is 3.32. The maximum absolute atomic E-state index is 5.94. The first-order chi connectivity index (χ1) is 10.3. The highest BCUT2D eigenvalue weighted by Crippen LogP contribution is 2.45. The highest BCUT2D eigenvalue weighted by molar-refractivity contribution is 8.19. The van der Waals surface area contributed by atoms with E-state index < -0.39 is 0 Å². The molecule has 3 rings (SSSR count). The number of hydrogen-bond acceptors (Lipinski definition) is 4.